The first-order valence-corrected chi connectivity index (χ1v) is 7.45. The van der Waals surface area contributed by atoms with Gasteiger partial charge in [-0.3, -0.25) is 0 Å². The van der Waals surface area contributed by atoms with E-state index in [4.69, 9.17) is 14.2 Å². The maximum Gasteiger partial charge on any atom is 0.407 e. The van der Waals surface area contributed by atoms with Gasteiger partial charge in [0.1, 0.15) is 12.2 Å². The minimum absolute atomic E-state index is 0.394. The number of nitrogens with zero attached hydrogens (tertiary/aromatic N) is 1. The van der Waals surface area contributed by atoms with Gasteiger partial charge in [-0.25, -0.2) is 9.78 Å². The van der Waals surface area contributed by atoms with Gasteiger partial charge in [-0.2, -0.15) is 0 Å². The number of alkyl carbamates (subject to hydrolysis) is 1. The molecule has 0 atom stereocenters. The van der Waals surface area contributed by atoms with Crippen LogP contribution in [0.4, 0.5) is 4.79 Å². The molecule has 0 fully saturated rings. The molecule has 1 aromatic heterocycles. The van der Waals surface area contributed by atoms with Crippen LogP contribution in [0.3, 0.4) is 0 Å². The molecule has 7 heteroatoms. The van der Waals surface area contributed by atoms with Crippen LogP contribution in [0.5, 0.6) is 5.88 Å². The molecule has 0 aliphatic heterocycles. The van der Waals surface area contributed by atoms with Gasteiger partial charge in [0.15, 0.2) is 0 Å². The number of hydrogen-bond acceptors (Lipinski definition) is 5. The highest BCUT2D eigenvalue weighted by molar-refractivity contribution is 9.10. The fourth-order valence-electron chi connectivity index (χ4n) is 1.29. The number of hydrogen-bond donors (Lipinski definition) is 1. The lowest BCUT2D eigenvalue weighted by Crippen LogP contribution is -2.34. The van der Waals surface area contributed by atoms with Crippen molar-refractivity contribution in [1.82, 2.24) is 10.3 Å². The molecule has 0 radical (unpaired) electrons. The van der Waals surface area contributed by atoms with Gasteiger partial charge in [0, 0.05) is 23.3 Å². The number of amides is 1. The minimum atomic E-state index is -0.490. The van der Waals surface area contributed by atoms with E-state index in [0.29, 0.717) is 32.2 Å². The summed E-state index contributed by atoms with van der Waals surface area (Å²) in [6.07, 6.45) is 1.22. The molecule has 1 heterocycles. The van der Waals surface area contributed by atoms with Gasteiger partial charge in [0.2, 0.25) is 5.88 Å². The first kappa shape index (κ1) is 17.7. The van der Waals surface area contributed by atoms with Gasteiger partial charge in [-0.05, 0) is 42.8 Å². The Morgan fingerprint density at radius 2 is 2.05 bits per heavy atom. The summed E-state index contributed by atoms with van der Waals surface area (Å²) >= 11 is 3.30. The molecule has 1 N–H and O–H groups in total. The fraction of sp³-hybridized carbons (Fsp3) is 0.571. The van der Waals surface area contributed by atoms with E-state index in [1.807, 2.05) is 26.8 Å². The van der Waals surface area contributed by atoms with Crippen molar-refractivity contribution >= 4 is 22.0 Å². The molecular formula is C14H21BrN2O4. The average molecular weight is 361 g/mol. The predicted molar refractivity (Wildman–Crippen MR) is 82.5 cm³/mol. The lowest BCUT2D eigenvalue weighted by atomic mass is 10.2. The Balaban J connectivity index is 2.00. The van der Waals surface area contributed by atoms with Crippen molar-refractivity contribution in [2.75, 3.05) is 26.4 Å². The Morgan fingerprint density at radius 3 is 2.67 bits per heavy atom. The third-order valence-corrected chi connectivity index (χ3v) is 2.56. The predicted octanol–water partition coefficient (Wildman–Crippen LogP) is 2.76. The molecule has 0 spiro atoms. The van der Waals surface area contributed by atoms with E-state index in [1.54, 1.807) is 12.3 Å². The molecule has 21 heavy (non-hydrogen) atoms. The van der Waals surface area contributed by atoms with Crippen LogP contribution in [-0.4, -0.2) is 43.0 Å². The van der Waals surface area contributed by atoms with Gasteiger partial charge in [-0.1, -0.05) is 0 Å². The molecule has 0 unspecified atom stereocenters. The number of carbonyl (C=O) groups is 1. The molecule has 0 aliphatic carbocycles. The Kier molecular flexibility index (Phi) is 7.45. The number of ether oxygens (including phenoxy) is 3. The van der Waals surface area contributed by atoms with Gasteiger partial charge in [-0.15, -0.1) is 0 Å². The number of nitrogens with one attached hydrogen (secondary N) is 1. The molecule has 118 valence electrons. The molecule has 1 aromatic rings. The van der Waals surface area contributed by atoms with Crippen molar-refractivity contribution in [3.8, 4) is 5.88 Å². The van der Waals surface area contributed by atoms with Crippen molar-refractivity contribution in [3.63, 3.8) is 0 Å². The van der Waals surface area contributed by atoms with Crippen molar-refractivity contribution < 1.29 is 19.0 Å². The third-order valence-electron chi connectivity index (χ3n) is 2.09. The Bertz CT molecular complexity index is 432. The highest BCUT2D eigenvalue weighted by Crippen LogP contribution is 2.11. The zero-order chi connectivity index (χ0) is 15.7. The van der Waals surface area contributed by atoms with E-state index in [2.05, 4.69) is 26.2 Å². The maximum absolute atomic E-state index is 11.3. The minimum Gasteiger partial charge on any atom is -0.475 e. The van der Waals surface area contributed by atoms with Crippen LogP contribution in [0, 0.1) is 0 Å². The lowest BCUT2D eigenvalue weighted by Gasteiger charge is -2.19. The second-order valence-electron chi connectivity index (χ2n) is 5.20. The van der Waals surface area contributed by atoms with Crippen LogP contribution < -0.4 is 10.1 Å². The molecule has 6 nitrogen and oxygen atoms in total. The van der Waals surface area contributed by atoms with Gasteiger partial charge < -0.3 is 19.5 Å². The van der Waals surface area contributed by atoms with E-state index >= 15 is 0 Å². The number of pyridine rings is 1. The largest absolute Gasteiger partial charge is 0.475 e. The van der Waals surface area contributed by atoms with Crippen LogP contribution in [0.25, 0.3) is 0 Å². The van der Waals surface area contributed by atoms with Crippen LogP contribution >= 0.6 is 15.9 Å². The number of carbonyl (C=O) groups excluding carboxylic acids is 1. The topological polar surface area (TPSA) is 69.7 Å². The standard InChI is InChI=1S/C14H21BrN2O4/c1-14(2,3)21-13(18)16-6-7-19-8-9-20-12-5-4-11(15)10-17-12/h4-5,10H,6-9H2,1-3H3,(H,16,18). The van der Waals surface area contributed by atoms with Gasteiger partial charge >= 0.3 is 6.09 Å². The summed E-state index contributed by atoms with van der Waals surface area (Å²) in [7, 11) is 0. The first-order chi connectivity index (χ1) is 9.87. The van der Waals surface area contributed by atoms with Crippen molar-refractivity contribution in [2.45, 2.75) is 26.4 Å². The molecular weight excluding hydrogens is 340 g/mol. The third kappa shape index (κ3) is 9.25. The van der Waals surface area contributed by atoms with E-state index in [1.165, 1.54) is 0 Å². The molecule has 0 aliphatic rings. The number of rotatable bonds is 7. The molecule has 0 saturated heterocycles. The van der Waals surface area contributed by atoms with E-state index in [-0.39, 0.29) is 0 Å². The quantitative estimate of drug-likeness (QED) is 0.757. The highest BCUT2D eigenvalue weighted by Gasteiger charge is 2.15. The molecule has 0 aromatic carbocycles. The summed E-state index contributed by atoms with van der Waals surface area (Å²) in [5.74, 6) is 0.550. The Hall–Kier alpha value is -1.34. The van der Waals surface area contributed by atoms with Gasteiger partial charge in [0.05, 0.1) is 13.2 Å². The lowest BCUT2D eigenvalue weighted by molar-refractivity contribution is 0.0488. The Labute approximate surface area is 133 Å². The van der Waals surface area contributed by atoms with E-state index < -0.39 is 11.7 Å². The van der Waals surface area contributed by atoms with E-state index in [9.17, 15) is 4.79 Å². The fourth-order valence-corrected chi connectivity index (χ4v) is 1.53. The monoisotopic (exact) mass is 360 g/mol. The van der Waals surface area contributed by atoms with Crippen molar-refractivity contribution in [1.29, 1.82) is 0 Å². The summed E-state index contributed by atoms with van der Waals surface area (Å²) in [4.78, 5) is 15.4. The second kappa shape index (κ2) is 8.84. The summed E-state index contributed by atoms with van der Waals surface area (Å²) in [6, 6.07) is 3.63. The first-order valence-electron chi connectivity index (χ1n) is 6.66. The Morgan fingerprint density at radius 1 is 1.29 bits per heavy atom. The van der Waals surface area contributed by atoms with Crippen LogP contribution in [0.15, 0.2) is 22.8 Å². The average Bonchev–Trinajstić information content (AvgIpc) is 2.37. The molecule has 0 bridgehead atoms. The van der Waals surface area contributed by atoms with E-state index in [0.717, 1.165) is 4.47 Å². The van der Waals surface area contributed by atoms with Crippen molar-refractivity contribution in [2.24, 2.45) is 0 Å². The zero-order valence-electron chi connectivity index (χ0n) is 12.5. The number of aromatic nitrogens is 1. The summed E-state index contributed by atoms with van der Waals surface area (Å²) in [5, 5.41) is 2.61. The van der Waals surface area contributed by atoms with Crippen LogP contribution in [-0.2, 0) is 9.47 Å². The maximum atomic E-state index is 11.3. The molecule has 1 rings (SSSR count). The summed E-state index contributed by atoms with van der Waals surface area (Å²) < 4.78 is 16.7. The second-order valence-corrected chi connectivity index (χ2v) is 6.12. The summed E-state index contributed by atoms with van der Waals surface area (Å²) in [5.41, 5.74) is -0.490. The normalized spacial score (nSPS) is 11.0. The zero-order valence-corrected chi connectivity index (χ0v) is 14.1. The SMILES string of the molecule is CC(C)(C)OC(=O)NCCOCCOc1ccc(Br)cn1. The smallest absolute Gasteiger partial charge is 0.407 e. The van der Waals surface area contributed by atoms with Crippen LogP contribution in [0.1, 0.15) is 20.8 Å². The van der Waals surface area contributed by atoms with Crippen molar-refractivity contribution in [3.05, 3.63) is 22.8 Å². The number of halogens is 1. The summed E-state index contributed by atoms with van der Waals surface area (Å²) in [6.45, 7) is 7.07. The molecule has 0 saturated carbocycles. The molecule has 1 amide bonds. The van der Waals surface area contributed by atoms with Crippen LogP contribution in [0.2, 0.25) is 0 Å². The van der Waals surface area contributed by atoms with Gasteiger partial charge in [0.25, 0.3) is 0 Å². The highest BCUT2D eigenvalue weighted by atomic mass is 79.9.